The molecule has 0 aliphatic carbocycles. The predicted molar refractivity (Wildman–Crippen MR) is 62.2 cm³/mol. The third-order valence-corrected chi connectivity index (χ3v) is 3.72. The van der Waals surface area contributed by atoms with Gasteiger partial charge in [0.2, 0.25) is 0 Å². The molecule has 1 aromatic heterocycles. The lowest BCUT2D eigenvalue weighted by atomic mass is 9.97. The minimum absolute atomic E-state index is 0.265. The van der Waals surface area contributed by atoms with Crippen molar-refractivity contribution in [3.8, 4) is 0 Å². The van der Waals surface area contributed by atoms with Crippen LogP contribution in [0.3, 0.4) is 0 Å². The summed E-state index contributed by atoms with van der Waals surface area (Å²) in [5.74, 6) is 0. The van der Waals surface area contributed by atoms with Gasteiger partial charge in [0.1, 0.15) is 0 Å². The Hall–Kier alpha value is -0.450. The zero-order valence-electron chi connectivity index (χ0n) is 9.07. The highest BCUT2D eigenvalue weighted by molar-refractivity contribution is 7.09. The fraction of sp³-hybridized carbons (Fsp3) is 0.727. The number of nitrogens with zero attached hydrogens (tertiary/aromatic N) is 1. The summed E-state index contributed by atoms with van der Waals surface area (Å²) >= 11 is 1.65. The molecule has 1 aliphatic heterocycles. The van der Waals surface area contributed by atoms with Crippen LogP contribution in [0.1, 0.15) is 30.0 Å². The molecule has 1 fully saturated rings. The second-order valence-corrected chi connectivity index (χ2v) is 5.25. The topological polar surface area (TPSA) is 45.2 Å². The van der Waals surface area contributed by atoms with Crippen LogP contribution in [0.15, 0.2) is 5.38 Å². The quantitative estimate of drug-likeness (QED) is 0.821. The number of aliphatic hydroxyl groups excluding tert-OH is 1. The molecule has 0 spiro atoms. The minimum Gasteiger partial charge on any atom is -0.391 e. The Morgan fingerprint density at radius 1 is 1.67 bits per heavy atom. The van der Waals surface area contributed by atoms with Crippen molar-refractivity contribution in [3.05, 3.63) is 16.1 Å². The van der Waals surface area contributed by atoms with Gasteiger partial charge in [-0.15, -0.1) is 11.3 Å². The van der Waals surface area contributed by atoms with Gasteiger partial charge in [-0.2, -0.15) is 0 Å². The minimum atomic E-state index is -0.285. The average molecular weight is 226 g/mol. The van der Waals surface area contributed by atoms with E-state index in [4.69, 9.17) is 0 Å². The Labute approximate surface area is 94.5 Å². The molecule has 2 heterocycles. The summed E-state index contributed by atoms with van der Waals surface area (Å²) < 4.78 is 0. The summed E-state index contributed by atoms with van der Waals surface area (Å²) in [6.07, 6.45) is 3.95. The summed E-state index contributed by atoms with van der Waals surface area (Å²) in [5.41, 5.74) is 1.03. The molecule has 0 aromatic carbocycles. The molecule has 1 aliphatic rings. The molecule has 2 atom stereocenters. The number of aromatic nitrogens is 1. The second-order valence-electron chi connectivity index (χ2n) is 4.19. The molecule has 1 saturated heterocycles. The van der Waals surface area contributed by atoms with Crippen molar-refractivity contribution in [1.29, 1.82) is 0 Å². The molecule has 15 heavy (non-hydrogen) atoms. The standard InChI is InChI=1S/C11H18N2OS/c1-8-13-9(7-15-8)6-11(14)10-4-2-3-5-12-10/h7,10-12,14H,2-6H2,1H3. The number of thiazole rings is 1. The van der Waals surface area contributed by atoms with Gasteiger partial charge in [0.15, 0.2) is 0 Å². The van der Waals surface area contributed by atoms with Crippen molar-refractivity contribution >= 4 is 11.3 Å². The SMILES string of the molecule is Cc1nc(CC(O)C2CCCCN2)cs1. The van der Waals surface area contributed by atoms with Crippen LogP contribution in [0.25, 0.3) is 0 Å². The predicted octanol–water partition coefficient (Wildman–Crippen LogP) is 1.50. The van der Waals surface area contributed by atoms with E-state index in [-0.39, 0.29) is 12.1 Å². The number of rotatable bonds is 3. The normalized spacial score (nSPS) is 24.0. The first kappa shape index (κ1) is 11.0. The molecular formula is C11H18N2OS. The van der Waals surface area contributed by atoms with E-state index in [9.17, 15) is 5.11 Å². The first-order chi connectivity index (χ1) is 7.25. The van der Waals surface area contributed by atoms with Gasteiger partial charge in [0.25, 0.3) is 0 Å². The Morgan fingerprint density at radius 3 is 3.13 bits per heavy atom. The zero-order valence-corrected chi connectivity index (χ0v) is 9.89. The van der Waals surface area contributed by atoms with Gasteiger partial charge >= 0.3 is 0 Å². The number of hydrogen-bond donors (Lipinski definition) is 2. The van der Waals surface area contributed by atoms with Crippen LogP contribution < -0.4 is 5.32 Å². The van der Waals surface area contributed by atoms with Crippen molar-refractivity contribution in [2.75, 3.05) is 6.54 Å². The van der Waals surface area contributed by atoms with Gasteiger partial charge in [-0.1, -0.05) is 6.42 Å². The van der Waals surface area contributed by atoms with Gasteiger partial charge in [-0.05, 0) is 26.3 Å². The lowest BCUT2D eigenvalue weighted by molar-refractivity contribution is 0.112. The molecule has 2 rings (SSSR count). The Morgan fingerprint density at radius 2 is 2.53 bits per heavy atom. The Bertz CT molecular complexity index is 307. The van der Waals surface area contributed by atoms with Crippen LogP contribution >= 0.6 is 11.3 Å². The Balaban J connectivity index is 1.88. The van der Waals surface area contributed by atoms with Gasteiger partial charge in [0.05, 0.1) is 16.8 Å². The highest BCUT2D eigenvalue weighted by atomic mass is 32.1. The van der Waals surface area contributed by atoms with Crippen molar-refractivity contribution in [3.63, 3.8) is 0 Å². The third kappa shape index (κ3) is 3.00. The van der Waals surface area contributed by atoms with Crippen molar-refractivity contribution in [1.82, 2.24) is 10.3 Å². The third-order valence-electron chi connectivity index (χ3n) is 2.90. The maximum atomic E-state index is 10.0. The van der Waals surface area contributed by atoms with Crippen molar-refractivity contribution in [2.45, 2.75) is 44.8 Å². The molecule has 0 radical (unpaired) electrons. The van der Waals surface area contributed by atoms with E-state index < -0.39 is 0 Å². The number of nitrogens with one attached hydrogen (secondary N) is 1. The number of piperidine rings is 1. The molecule has 4 heteroatoms. The van der Waals surface area contributed by atoms with E-state index in [1.165, 1.54) is 12.8 Å². The molecule has 84 valence electrons. The first-order valence-corrected chi connectivity index (χ1v) is 6.46. The van der Waals surface area contributed by atoms with Gasteiger partial charge in [-0.25, -0.2) is 4.98 Å². The highest BCUT2D eigenvalue weighted by Crippen LogP contribution is 2.15. The second kappa shape index (κ2) is 5.05. The molecule has 0 bridgehead atoms. The Kier molecular flexibility index (Phi) is 3.72. The maximum Gasteiger partial charge on any atom is 0.0897 e. The van der Waals surface area contributed by atoms with Crippen LogP contribution in [0.5, 0.6) is 0 Å². The van der Waals surface area contributed by atoms with Crippen LogP contribution in [-0.2, 0) is 6.42 Å². The zero-order chi connectivity index (χ0) is 10.7. The van der Waals surface area contributed by atoms with Crippen LogP contribution in [0.2, 0.25) is 0 Å². The summed E-state index contributed by atoms with van der Waals surface area (Å²) in [6.45, 7) is 3.04. The van der Waals surface area contributed by atoms with E-state index in [0.717, 1.165) is 23.7 Å². The van der Waals surface area contributed by atoms with Crippen molar-refractivity contribution in [2.24, 2.45) is 0 Å². The van der Waals surface area contributed by atoms with Crippen LogP contribution in [0, 0.1) is 6.92 Å². The van der Waals surface area contributed by atoms with E-state index in [1.807, 2.05) is 12.3 Å². The molecule has 3 nitrogen and oxygen atoms in total. The number of hydrogen-bond acceptors (Lipinski definition) is 4. The summed E-state index contributed by atoms with van der Waals surface area (Å²) in [4.78, 5) is 4.38. The summed E-state index contributed by atoms with van der Waals surface area (Å²) in [7, 11) is 0. The largest absolute Gasteiger partial charge is 0.391 e. The summed E-state index contributed by atoms with van der Waals surface area (Å²) in [5, 5.41) is 16.5. The first-order valence-electron chi connectivity index (χ1n) is 5.58. The molecule has 0 saturated carbocycles. The fourth-order valence-corrected chi connectivity index (χ4v) is 2.69. The monoisotopic (exact) mass is 226 g/mol. The molecular weight excluding hydrogens is 208 g/mol. The van der Waals surface area contributed by atoms with E-state index in [2.05, 4.69) is 10.3 Å². The lowest BCUT2D eigenvalue weighted by Gasteiger charge is -2.27. The smallest absolute Gasteiger partial charge is 0.0897 e. The van der Waals surface area contributed by atoms with Crippen molar-refractivity contribution < 1.29 is 5.11 Å². The van der Waals surface area contributed by atoms with Gasteiger partial charge < -0.3 is 10.4 Å². The molecule has 2 unspecified atom stereocenters. The van der Waals surface area contributed by atoms with E-state index in [1.54, 1.807) is 11.3 Å². The lowest BCUT2D eigenvalue weighted by Crippen LogP contribution is -2.44. The number of aliphatic hydroxyl groups is 1. The van der Waals surface area contributed by atoms with Crippen LogP contribution in [0.4, 0.5) is 0 Å². The van der Waals surface area contributed by atoms with Gasteiger partial charge in [0, 0.05) is 17.8 Å². The molecule has 2 N–H and O–H groups in total. The van der Waals surface area contributed by atoms with E-state index in [0.29, 0.717) is 6.42 Å². The van der Waals surface area contributed by atoms with Gasteiger partial charge in [-0.3, -0.25) is 0 Å². The highest BCUT2D eigenvalue weighted by Gasteiger charge is 2.21. The maximum absolute atomic E-state index is 10.0. The van der Waals surface area contributed by atoms with Crippen LogP contribution in [-0.4, -0.2) is 28.8 Å². The number of aryl methyl sites for hydroxylation is 1. The molecule has 1 aromatic rings. The van der Waals surface area contributed by atoms with E-state index >= 15 is 0 Å². The summed E-state index contributed by atoms with van der Waals surface area (Å²) in [6, 6.07) is 0.265. The molecule has 0 amide bonds. The average Bonchev–Trinajstić information content (AvgIpc) is 2.65. The fourth-order valence-electron chi connectivity index (χ4n) is 2.07.